The van der Waals surface area contributed by atoms with E-state index in [9.17, 15) is 10.1 Å². The van der Waals surface area contributed by atoms with Crippen LogP contribution in [0.5, 0.6) is 0 Å². The van der Waals surface area contributed by atoms with Crippen molar-refractivity contribution in [2.75, 3.05) is 23.3 Å². The van der Waals surface area contributed by atoms with E-state index in [2.05, 4.69) is 23.2 Å². The van der Waals surface area contributed by atoms with E-state index in [0.29, 0.717) is 5.69 Å². The lowest BCUT2D eigenvalue weighted by Gasteiger charge is -2.20. The first kappa shape index (κ1) is 18.7. The quantitative estimate of drug-likeness (QED) is 0.633. The van der Waals surface area contributed by atoms with Crippen molar-refractivity contribution < 1.29 is 4.79 Å². The van der Waals surface area contributed by atoms with E-state index in [-0.39, 0.29) is 11.5 Å². The zero-order chi connectivity index (χ0) is 19.4. The summed E-state index contributed by atoms with van der Waals surface area (Å²) in [5.41, 5.74) is 6.21. The van der Waals surface area contributed by atoms with Gasteiger partial charge in [-0.2, -0.15) is 5.26 Å². The van der Waals surface area contributed by atoms with E-state index < -0.39 is 0 Å². The van der Waals surface area contributed by atoms with E-state index in [4.69, 9.17) is 0 Å². The molecular formula is C23H25N3O. The van der Waals surface area contributed by atoms with Gasteiger partial charge in [0.15, 0.2) is 0 Å². The van der Waals surface area contributed by atoms with Gasteiger partial charge in [-0.15, -0.1) is 0 Å². The van der Waals surface area contributed by atoms with Crippen LogP contribution in [0.4, 0.5) is 11.4 Å². The van der Waals surface area contributed by atoms with Crippen LogP contribution in [0.3, 0.4) is 0 Å². The Morgan fingerprint density at radius 1 is 1.07 bits per heavy atom. The number of hydrogen-bond donors (Lipinski definition) is 1. The minimum Gasteiger partial charge on any atom is -0.371 e. The molecule has 0 radical (unpaired) electrons. The highest BCUT2D eigenvalue weighted by atomic mass is 16.1. The molecule has 4 heteroatoms. The molecule has 0 bridgehead atoms. The molecule has 0 spiro atoms. The Morgan fingerprint density at radius 3 is 2.33 bits per heavy atom. The summed E-state index contributed by atoms with van der Waals surface area (Å²) < 4.78 is 0. The van der Waals surface area contributed by atoms with Gasteiger partial charge in [-0.1, -0.05) is 12.1 Å². The van der Waals surface area contributed by atoms with Gasteiger partial charge in [0.05, 0.1) is 0 Å². The number of benzene rings is 2. The van der Waals surface area contributed by atoms with Crippen LogP contribution in [0.15, 0.2) is 42.0 Å². The Hall–Kier alpha value is -3.06. The van der Waals surface area contributed by atoms with Crippen molar-refractivity contribution in [2.24, 2.45) is 0 Å². The molecule has 4 nitrogen and oxygen atoms in total. The van der Waals surface area contributed by atoms with Crippen LogP contribution in [0.2, 0.25) is 0 Å². The first-order chi connectivity index (χ1) is 13.0. The average Bonchev–Trinajstić information content (AvgIpc) is 3.13. The third-order valence-electron chi connectivity index (χ3n) is 4.82. The predicted octanol–water partition coefficient (Wildman–Crippen LogP) is 4.76. The van der Waals surface area contributed by atoms with E-state index in [1.54, 1.807) is 6.08 Å². The molecule has 1 aliphatic rings. The number of carbonyl (C=O) groups is 1. The summed E-state index contributed by atoms with van der Waals surface area (Å²) in [4.78, 5) is 14.9. The molecule has 27 heavy (non-hydrogen) atoms. The van der Waals surface area contributed by atoms with Crippen LogP contribution in [-0.2, 0) is 4.79 Å². The maximum absolute atomic E-state index is 12.5. The minimum atomic E-state index is -0.385. The second kappa shape index (κ2) is 8.09. The topological polar surface area (TPSA) is 56.1 Å². The third-order valence-corrected chi connectivity index (χ3v) is 4.82. The second-order valence-electron chi connectivity index (χ2n) is 7.24. The largest absolute Gasteiger partial charge is 0.371 e. The first-order valence-electron chi connectivity index (χ1n) is 9.33. The number of hydrogen-bond acceptors (Lipinski definition) is 3. The van der Waals surface area contributed by atoms with Crippen molar-refractivity contribution in [2.45, 2.75) is 33.6 Å². The lowest BCUT2D eigenvalue weighted by molar-refractivity contribution is -0.112. The van der Waals surface area contributed by atoms with Crippen LogP contribution in [0, 0.1) is 32.1 Å². The monoisotopic (exact) mass is 359 g/mol. The fourth-order valence-electron chi connectivity index (χ4n) is 3.64. The highest BCUT2D eigenvalue weighted by molar-refractivity contribution is 6.09. The van der Waals surface area contributed by atoms with Crippen molar-refractivity contribution in [3.05, 3.63) is 64.2 Å². The average molecular weight is 359 g/mol. The third kappa shape index (κ3) is 4.57. The van der Waals surface area contributed by atoms with Crippen LogP contribution < -0.4 is 10.2 Å². The fourth-order valence-corrected chi connectivity index (χ4v) is 3.64. The fraction of sp³-hybridized carbons (Fsp3) is 0.304. The molecule has 1 saturated heterocycles. The number of rotatable bonds is 4. The molecule has 0 atom stereocenters. The van der Waals surface area contributed by atoms with E-state index in [1.807, 2.05) is 50.2 Å². The van der Waals surface area contributed by atoms with Gasteiger partial charge in [-0.05, 0) is 86.2 Å². The molecule has 0 saturated carbocycles. The maximum Gasteiger partial charge on any atom is 0.266 e. The van der Waals surface area contributed by atoms with E-state index in [1.165, 1.54) is 18.5 Å². The molecule has 2 aromatic carbocycles. The Balaban J connectivity index is 1.80. The zero-order valence-corrected chi connectivity index (χ0v) is 16.2. The Labute approximate surface area is 161 Å². The van der Waals surface area contributed by atoms with Crippen LogP contribution in [-0.4, -0.2) is 19.0 Å². The Kier molecular flexibility index (Phi) is 5.61. The molecule has 138 valence electrons. The molecule has 0 aromatic heterocycles. The highest BCUT2D eigenvalue weighted by Gasteiger charge is 2.15. The molecule has 0 aliphatic carbocycles. The zero-order valence-electron chi connectivity index (χ0n) is 16.2. The first-order valence-corrected chi connectivity index (χ1v) is 9.33. The summed E-state index contributed by atoms with van der Waals surface area (Å²) in [5, 5.41) is 12.3. The van der Waals surface area contributed by atoms with Gasteiger partial charge in [0.25, 0.3) is 5.91 Å². The van der Waals surface area contributed by atoms with Gasteiger partial charge in [0, 0.05) is 24.5 Å². The lowest BCUT2D eigenvalue weighted by atomic mass is 10.1. The van der Waals surface area contributed by atoms with Gasteiger partial charge >= 0.3 is 0 Å². The van der Waals surface area contributed by atoms with Crippen molar-refractivity contribution in [3.63, 3.8) is 0 Å². The number of amides is 1. The summed E-state index contributed by atoms with van der Waals surface area (Å²) in [6.45, 7) is 8.23. The van der Waals surface area contributed by atoms with Crippen LogP contribution in [0.25, 0.3) is 6.08 Å². The predicted molar refractivity (Wildman–Crippen MR) is 111 cm³/mol. The van der Waals surface area contributed by atoms with Crippen LogP contribution in [0.1, 0.15) is 35.1 Å². The van der Waals surface area contributed by atoms with Crippen molar-refractivity contribution in [1.29, 1.82) is 5.26 Å². The number of nitrogens with one attached hydrogen (secondary N) is 1. The maximum atomic E-state index is 12.5. The van der Waals surface area contributed by atoms with E-state index in [0.717, 1.165) is 35.3 Å². The molecule has 0 unspecified atom stereocenters. The van der Waals surface area contributed by atoms with Gasteiger partial charge < -0.3 is 10.2 Å². The molecule has 2 aromatic rings. The number of carbonyl (C=O) groups excluding carboxylic acids is 1. The van der Waals surface area contributed by atoms with Crippen molar-refractivity contribution in [1.82, 2.24) is 0 Å². The number of anilines is 2. The standard InChI is InChI=1S/C23H25N3O/c1-16-10-17(2)12-21(11-16)25-23(27)20(15-24)14-19-6-7-22(18(3)13-19)26-8-4-5-9-26/h6-7,10-14H,4-5,8-9H2,1-3H3,(H,25,27)/b20-14+. The molecule has 3 rings (SSSR count). The molecular weight excluding hydrogens is 334 g/mol. The molecule has 1 aliphatic heterocycles. The second-order valence-corrected chi connectivity index (χ2v) is 7.24. The minimum absolute atomic E-state index is 0.0995. The molecule has 1 heterocycles. The summed E-state index contributed by atoms with van der Waals surface area (Å²) in [7, 11) is 0. The van der Waals surface area contributed by atoms with Crippen LogP contribution >= 0.6 is 0 Å². The smallest absolute Gasteiger partial charge is 0.266 e. The molecule has 1 N–H and O–H groups in total. The Morgan fingerprint density at radius 2 is 1.74 bits per heavy atom. The summed E-state index contributed by atoms with van der Waals surface area (Å²) >= 11 is 0. The van der Waals surface area contributed by atoms with Gasteiger partial charge in [0.2, 0.25) is 0 Å². The molecule has 1 fully saturated rings. The number of nitrogens with zero attached hydrogens (tertiary/aromatic N) is 2. The van der Waals surface area contributed by atoms with E-state index >= 15 is 0 Å². The number of nitriles is 1. The van der Waals surface area contributed by atoms with Crippen molar-refractivity contribution >= 4 is 23.4 Å². The van der Waals surface area contributed by atoms with Crippen molar-refractivity contribution in [3.8, 4) is 6.07 Å². The summed E-state index contributed by atoms with van der Waals surface area (Å²) in [5.74, 6) is -0.385. The summed E-state index contributed by atoms with van der Waals surface area (Å²) in [6.07, 6.45) is 4.12. The Bertz CT molecular complexity index is 911. The normalized spacial score (nSPS) is 14.1. The SMILES string of the molecule is Cc1cc(C)cc(NC(=O)/C(C#N)=C/c2ccc(N3CCCC3)c(C)c2)c1. The summed E-state index contributed by atoms with van der Waals surface area (Å²) in [6, 6.07) is 14.0. The number of aryl methyl sites for hydroxylation is 3. The van der Waals surface area contributed by atoms with Gasteiger partial charge in [-0.25, -0.2) is 0 Å². The molecule has 1 amide bonds. The highest BCUT2D eigenvalue weighted by Crippen LogP contribution is 2.26. The van der Waals surface area contributed by atoms with Gasteiger partial charge in [0.1, 0.15) is 11.6 Å². The lowest BCUT2D eigenvalue weighted by Crippen LogP contribution is -2.18. The van der Waals surface area contributed by atoms with Gasteiger partial charge in [-0.3, -0.25) is 4.79 Å².